The first kappa shape index (κ1) is 75.2. The van der Waals surface area contributed by atoms with Crippen molar-refractivity contribution in [3.63, 3.8) is 0 Å². The number of Topliss-reactive ketones (excluding diaryl/α,β-unsaturated/α-hetero) is 1. The standard InChI is InChI=1S/C71H102BrN13O9/c1-3-4-5-6-7-8-9-10-11-12-13-14-18-34-65(88)75-40-25-22-31-58(66(74)89)78-68(91)59-33-23-26-41-85-48-55(83-84-85)46-63(77-49(2)86)71(94)82-62(44-53-47-76-57-30-20-19-29-56(53)57)70(93)80-60(32-21-24-39-73)69(92)81-61(43-51-35-37-54(72)38-36-51)64(87)45-52(67(90)79-59)42-50-27-16-15-17-28-50/h15-17,19-20,27-30,35-38,47-48,52,58-63,76H,3-14,18,21-26,31-34,39-46,73H2,1-2H3,(H2,74,89)(H,75,88)(H,77,86)(H,78,91)(H,79,90)(H,80,93)(H,81,92)(H,82,94)/t52-,58-,59-,60+,61+,62+,63-/m1/s1. The Labute approximate surface area is 562 Å². The van der Waals surface area contributed by atoms with E-state index < -0.39 is 89.3 Å². The quantitative estimate of drug-likeness (QED) is 0.0179. The molecule has 0 fully saturated rings. The van der Waals surface area contributed by atoms with Gasteiger partial charge < -0.3 is 53.7 Å². The third-order valence-corrected chi connectivity index (χ3v) is 17.9. The number of unbranched alkanes of at least 4 members (excludes halogenated alkanes) is 14. The molecule has 0 saturated carbocycles. The molecular formula is C71H102BrN13O9. The number of H-pyrrole nitrogens is 1. The summed E-state index contributed by atoms with van der Waals surface area (Å²) in [6.45, 7) is 4.49. The van der Waals surface area contributed by atoms with E-state index in [1.54, 1.807) is 41.3 Å². The second-order valence-corrected chi connectivity index (χ2v) is 26.1. The predicted molar refractivity (Wildman–Crippen MR) is 367 cm³/mol. The molecule has 2 aromatic heterocycles. The van der Waals surface area contributed by atoms with Gasteiger partial charge in [0.1, 0.15) is 30.2 Å². The van der Waals surface area contributed by atoms with Crippen LogP contribution in [0.3, 0.4) is 0 Å². The van der Waals surface area contributed by atoms with E-state index in [-0.39, 0.29) is 57.3 Å². The van der Waals surface area contributed by atoms with Crippen molar-refractivity contribution in [2.45, 2.75) is 236 Å². The number of carbonyl (C=O) groups excluding carboxylic acids is 9. The summed E-state index contributed by atoms with van der Waals surface area (Å²) >= 11 is 3.48. The molecule has 23 heteroatoms. The van der Waals surface area contributed by atoms with Crippen LogP contribution in [0, 0.1) is 5.92 Å². The smallest absolute Gasteiger partial charge is 0.243 e. The van der Waals surface area contributed by atoms with Gasteiger partial charge >= 0.3 is 0 Å². The second kappa shape index (κ2) is 41.8. The fourth-order valence-corrected chi connectivity index (χ4v) is 12.3. The van der Waals surface area contributed by atoms with Crippen LogP contribution in [0.25, 0.3) is 10.9 Å². The lowest BCUT2D eigenvalue weighted by atomic mass is 9.89. The number of rotatable bonds is 33. The molecule has 0 radical (unpaired) electrons. The van der Waals surface area contributed by atoms with Gasteiger partial charge in [-0.3, -0.25) is 47.8 Å². The molecule has 22 nitrogen and oxygen atoms in total. The van der Waals surface area contributed by atoms with Crippen molar-refractivity contribution in [3.05, 3.63) is 118 Å². The van der Waals surface area contributed by atoms with Crippen molar-refractivity contribution in [3.8, 4) is 0 Å². The number of amides is 8. The second-order valence-electron chi connectivity index (χ2n) is 25.2. The Bertz CT molecular complexity index is 3180. The predicted octanol–water partition coefficient (Wildman–Crippen LogP) is 7.86. The lowest BCUT2D eigenvalue weighted by Crippen LogP contribution is -2.58. The normalized spacial score (nSPS) is 19.2. The number of hydrogen-bond donors (Lipinski definition) is 10. The summed E-state index contributed by atoms with van der Waals surface area (Å²) in [5.74, 6) is -6.26. The van der Waals surface area contributed by atoms with E-state index in [1.807, 2.05) is 54.6 Å². The molecule has 5 aromatic rings. The molecule has 94 heavy (non-hydrogen) atoms. The van der Waals surface area contributed by atoms with Crippen LogP contribution in [0.15, 0.2) is 95.7 Å². The zero-order valence-corrected chi connectivity index (χ0v) is 56.8. The van der Waals surface area contributed by atoms with Crippen LogP contribution < -0.4 is 48.7 Å². The average Bonchev–Trinajstić information content (AvgIpc) is 1.85. The maximum Gasteiger partial charge on any atom is 0.243 e. The first-order valence-electron chi connectivity index (χ1n) is 34.3. The molecule has 1 aliphatic heterocycles. The van der Waals surface area contributed by atoms with Gasteiger partial charge in [0, 0.05) is 79.4 Å². The van der Waals surface area contributed by atoms with Crippen LogP contribution in [-0.4, -0.2) is 122 Å². The van der Waals surface area contributed by atoms with Crippen LogP contribution in [0.2, 0.25) is 0 Å². The maximum absolute atomic E-state index is 15.2. The number of aromatic nitrogens is 4. The minimum absolute atomic E-state index is 0.00220. The maximum atomic E-state index is 15.2. The number of halogens is 1. The Morgan fingerprint density at radius 1 is 0.670 bits per heavy atom. The third kappa shape index (κ3) is 27.3. The minimum Gasteiger partial charge on any atom is -0.368 e. The molecule has 6 rings (SSSR count). The van der Waals surface area contributed by atoms with Crippen molar-refractivity contribution in [2.75, 3.05) is 13.1 Å². The van der Waals surface area contributed by atoms with Crippen LogP contribution in [0.1, 0.15) is 190 Å². The number of ketones is 1. The molecule has 0 saturated heterocycles. The number of nitrogens with zero attached hydrogens (tertiary/aromatic N) is 3. The molecule has 3 heterocycles. The highest BCUT2D eigenvalue weighted by atomic mass is 79.9. The Morgan fingerprint density at radius 2 is 1.32 bits per heavy atom. The summed E-state index contributed by atoms with van der Waals surface area (Å²) in [5.41, 5.74) is 15.1. The van der Waals surface area contributed by atoms with Crippen molar-refractivity contribution < 1.29 is 43.2 Å². The van der Waals surface area contributed by atoms with Crippen molar-refractivity contribution in [1.29, 1.82) is 0 Å². The topological polar surface area (TPSA) is 336 Å². The monoisotopic (exact) mass is 1360 g/mol. The number of benzene rings is 3. The number of fused-ring (bicyclic) bond motifs is 3. The van der Waals surface area contributed by atoms with E-state index in [2.05, 4.69) is 75.4 Å². The number of nitrogens with one attached hydrogen (secondary N) is 8. The molecule has 512 valence electrons. The van der Waals surface area contributed by atoms with Gasteiger partial charge in [-0.25, -0.2) is 0 Å². The van der Waals surface area contributed by atoms with Gasteiger partial charge in [0.25, 0.3) is 0 Å². The summed E-state index contributed by atoms with van der Waals surface area (Å²) in [7, 11) is 0. The molecule has 2 bridgehead atoms. The molecule has 8 amide bonds. The fourth-order valence-electron chi connectivity index (χ4n) is 12.0. The summed E-state index contributed by atoms with van der Waals surface area (Å²) in [6, 6.07) is 16.5. The zero-order chi connectivity index (χ0) is 67.5. The van der Waals surface area contributed by atoms with Crippen molar-refractivity contribution >= 4 is 79.9 Å². The Morgan fingerprint density at radius 3 is 2.01 bits per heavy atom. The zero-order valence-electron chi connectivity index (χ0n) is 55.2. The lowest BCUT2D eigenvalue weighted by Gasteiger charge is -2.27. The van der Waals surface area contributed by atoms with Gasteiger partial charge in [-0.05, 0) is 118 Å². The Kier molecular flexibility index (Phi) is 33.5. The van der Waals surface area contributed by atoms with E-state index >= 15 is 9.59 Å². The number of primary amides is 1. The van der Waals surface area contributed by atoms with E-state index in [0.717, 1.165) is 40.2 Å². The molecular weight excluding hydrogens is 1260 g/mol. The number of para-hydroxylation sites is 1. The Balaban J connectivity index is 1.22. The average molecular weight is 1360 g/mol. The van der Waals surface area contributed by atoms with Gasteiger partial charge in [-0.15, -0.1) is 5.10 Å². The fraction of sp³-hybridized carbons (Fsp3) is 0.563. The minimum atomic E-state index is -1.28. The van der Waals surface area contributed by atoms with Crippen molar-refractivity contribution in [2.24, 2.45) is 17.4 Å². The molecule has 0 unspecified atom stereocenters. The SMILES string of the molecule is CCCCCCCCCCCCCCCC(=O)NCCCC[C@@H](NC(=O)[C@H]1CCCCn2cc(nn2)C[C@@H](NC(C)=O)C(=O)N[C@@H](Cc2c[nH]c3ccccc23)C(=O)N[C@@H](CCCCN)C(=O)N[C@@H](Cc2ccc(Br)cc2)C(=O)C[C@@H](Cc2ccccc2)C(=O)N1)C(N)=O. The van der Waals surface area contributed by atoms with E-state index in [4.69, 9.17) is 11.5 Å². The van der Waals surface area contributed by atoms with Crippen LogP contribution >= 0.6 is 15.9 Å². The Hall–Kier alpha value is -7.79. The summed E-state index contributed by atoms with van der Waals surface area (Å²) in [5, 5.41) is 29.6. The number of nitrogens with two attached hydrogens (primary N) is 2. The molecule has 12 N–H and O–H groups in total. The highest BCUT2D eigenvalue weighted by molar-refractivity contribution is 9.10. The van der Waals surface area contributed by atoms with E-state index in [1.165, 1.54) is 71.1 Å². The first-order valence-corrected chi connectivity index (χ1v) is 35.1. The molecule has 3 aromatic carbocycles. The van der Waals surface area contributed by atoms with Crippen LogP contribution in [0.4, 0.5) is 0 Å². The molecule has 0 spiro atoms. The highest BCUT2D eigenvalue weighted by Crippen LogP contribution is 2.23. The molecule has 0 aliphatic carbocycles. The summed E-state index contributed by atoms with van der Waals surface area (Å²) < 4.78 is 2.34. The molecule has 7 atom stereocenters. The van der Waals surface area contributed by atoms with Gasteiger partial charge in [0.2, 0.25) is 47.3 Å². The number of aromatic amines is 1. The third-order valence-electron chi connectivity index (χ3n) is 17.4. The summed E-state index contributed by atoms with van der Waals surface area (Å²) in [6.07, 6.45) is 22.3. The van der Waals surface area contributed by atoms with Gasteiger partial charge in [-0.1, -0.05) is 166 Å². The van der Waals surface area contributed by atoms with Crippen LogP contribution in [0.5, 0.6) is 0 Å². The van der Waals surface area contributed by atoms with Gasteiger partial charge in [0.05, 0.1) is 11.7 Å². The molecule has 1 aliphatic rings. The van der Waals surface area contributed by atoms with Gasteiger partial charge in [0.15, 0.2) is 5.78 Å². The summed E-state index contributed by atoms with van der Waals surface area (Å²) in [4.78, 5) is 131. The lowest BCUT2D eigenvalue weighted by molar-refractivity contribution is -0.135. The van der Waals surface area contributed by atoms with E-state index in [0.29, 0.717) is 81.4 Å². The number of carbonyl (C=O) groups is 9. The van der Waals surface area contributed by atoms with Crippen LogP contribution in [-0.2, 0) is 75.4 Å². The first-order chi connectivity index (χ1) is 45.5. The largest absolute Gasteiger partial charge is 0.368 e. The number of hydrogen-bond acceptors (Lipinski definition) is 12. The number of aryl methyl sites for hydroxylation is 1. The van der Waals surface area contributed by atoms with E-state index in [9.17, 15) is 33.6 Å². The van der Waals surface area contributed by atoms with Gasteiger partial charge in [-0.2, -0.15) is 0 Å². The highest BCUT2D eigenvalue weighted by Gasteiger charge is 2.35. The van der Waals surface area contributed by atoms with Crippen molar-refractivity contribution in [1.82, 2.24) is 57.2 Å².